The highest BCUT2D eigenvalue weighted by Gasteiger charge is 2.18. The van der Waals surface area contributed by atoms with Gasteiger partial charge in [0.25, 0.3) is 0 Å². The molecule has 1 saturated heterocycles. The van der Waals surface area contributed by atoms with Crippen molar-refractivity contribution in [2.75, 3.05) is 37.5 Å². The number of ether oxygens (including phenoxy) is 1. The smallest absolute Gasteiger partial charge is 0.204 e. The predicted octanol–water partition coefficient (Wildman–Crippen LogP) is 1.91. The van der Waals surface area contributed by atoms with Gasteiger partial charge in [0.15, 0.2) is 11.6 Å². The summed E-state index contributed by atoms with van der Waals surface area (Å²) < 4.78 is 5.43. The van der Waals surface area contributed by atoms with E-state index in [1.54, 1.807) is 13.4 Å². The molecule has 94 valence electrons. The molecule has 1 aromatic rings. The van der Waals surface area contributed by atoms with Gasteiger partial charge in [0.1, 0.15) is 6.33 Å². The van der Waals surface area contributed by atoms with Crippen molar-refractivity contribution in [2.24, 2.45) is 0 Å². The number of anilines is 2. The molecule has 1 aliphatic rings. The van der Waals surface area contributed by atoms with Gasteiger partial charge in [0.2, 0.25) is 5.75 Å². The van der Waals surface area contributed by atoms with E-state index in [9.17, 15) is 0 Å². The van der Waals surface area contributed by atoms with Gasteiger partial charge in [-0.3, -0.25) is 0 Å². The fourth-order valence-electron chi connectivity index (χ4n) is 2.24. The Morgan fingerprint density at radius 1 is 1.18 bits per heavy atom. The first-order chi connectivity index (χ1) is 8.36. The van der Waals surface area contributed by atoms with E-state index in [1.807, 2.05) is 7.05 Å². The molecule has 0 spiro atoms. The molecule has 0 saturated carbocycles. The van der Waals surface area contributed by atoms with Gasteiger partial charge in [-0.25, -0.2) is 9.97 Å². The number of methoxy groups -OCH3 is 1. The second kappa shape index (κ2) is 5.70. The van der Waals surface area contributed by atoms with E-state index in [0.717, 1.165) is 30.5 Å². The summed E-state index contributed by atoms with van der Waals surface area (Å²) in [5.41, 5.74) is 0. The van der Waals surface area contributed by atoms with Crippen molar-refractivity contribution in [1.82, 2.24) is 9.97 Å². The molecule has 1 fully saturated rings. The van der Waals surface area contributed by atoms with Crippen molar-refractivity contribution >= 4 is 11.6 Å². The molecule has 5 heteroatoms. The van der Waals surface area contributed by atoms with Crippen LogP contribution in [-0.4, -0.2) is 37.2 Å². The Balaban J connectivity index is 2.29. The van der Waals surface area contributed by atoms with Crippen LogP contribution >= 0.6 is 0 Å². The van der Waals surface area contributed by atoms with Crippen molar-refractivity contribution in [2.45, 2.75) is 25.7 Å². The maximum Gasteiger partial charge on any atom is 0.204 e. The Kier molecular flexibility index (Phi) is 4.01. The molecule has 1 aromatic heterocycles. The minimum Gasteiger partial charge on any atom is -0.490 e. The van der Waals surface area contributed by atoms with E-state index in [2.05, 4.69) is 20.2 Å². The molecule has 0 bridgehead atoms. The molecule has 17 heavy (non-hydrogen) atoms. The maximum atomic E-state index is 5.43. The Labute approximate surface area is 102 Å². The molecule has 0 unspecified atom stereocenters. The van der Waals surface area contributed by atoms with Gasteiger partial charge in [-0.2, -0.15) is 0 Å². The van der Waals surface area contributed by atoms with Crippen LogP contribution < -0.4 is 15.0 Å². The lowest BCUT2D eigenvalue weighted by atomic mass is 10.2. The Hall–Kier alpha value is -1.52. The van der Waals surface area contributed by atoms with Crippen LogP contribution in [0, 0.1) is 0 Å². The summed E-state index contributed by atoms with van der Waals surface area (Å²) in [6, 6.07) is 0. The van der Waals surface area contributed by atoms with Gasteiger partial charge in [-0.05, 0) is 12.8 Å². The van der Waals surface area contributed by atoms with Crippen molar-refractivity contribution < 1.29 is 4.74 Å². The van der Waals surface area contributed by atoms with Crippen LogP contribution in [0.5, 0.6) is 5.75 Å². The summed E-state index contributed by atoms with van der Waals surface area (Å²) in [5, 5.41) is 3.04. The van der Waals surface area contributed by atoms with Gasteiger partial charge in [-0.15, -0.1) is 0 Å². The van der Waals surface area contributed by atoms with Gasteiger partial charge >= 0.3 is 0 Å². The highest BCUT2D eigenvalue weighted by atomic mass is 16.5. The van der Waals surface area contributed by atoms with Crippen LogP contribution in [-0.2, 0) is 0 Å². The third-order valence-corrected chi connectivity index (χ3v) is 3.13. The molecule has 0 aliphatic carbocycles. The highest BCUT2D eigenvalue weighted by Crippen LogP contribution is 2.32. The number of rotatable bonds is 3. The molecule has 1 aliphatic heterocycles. The SMILES string of the molecule is CNc1ncnc(N2CCCCCC2)c1OC. The number of hydrogen-bond acceptors (Lipinski definition) is 5. The summed E-state index contributed by atoms with van der Waals surface area (Å²) in [5.74, 6) is 2.41. The number of hydrogen-bond donors (Lipinski definition) is 1. The lowest BCUT2D eigenvalue weighted by molar-refractivity contribution is 0.412. The fourth-order valence-corrected chi connectivity index (χ4v) is 2.24. The van der Waals surface area contributed by atoms with E-state index in [4.69, 9.17) is 4.74 Å². The van der Waals surface area contributed by atoms with Crippen LogP contribution in [0.15, 0.2) is 6.33 Å². The average molecular weight is 236 g/mol. The van der Waals surface area contributed by atoms with Crippen LogP contribution in [0.25, 0.3) is 0 Å². The number of aromatic nitrogens is 2. The molecule has 5 nitrogen and oxygen atoms in total. The minimum absolute atomic E-state index is 0.747. The fraction of sp³-hybridized carbons (Fsp3) is 0.667. The lowest BCUT2D eigenvalue weighted by Crippen LogP contribution is -2.25. The topological polar surface area (TPSA) is 50.3 Å². The normalized spacial score (nSPS) is 16.5. The molecule has 0 atom stereocenters. The van der Waals surface area contributed by atoms with Crippen molar-refractivity contribution in [3.05, 3.63) is 6.33 Å². The van der Waals surface area contributed by atoms with Gasteiger partial charge in [0.05, 0.1) is 7.11 Å². The molecular formula is C12H20N4O. The molecular weight excluding hydrogens is 216 g/mol. The van der Waals surface area contributed by atoms with E-state index in [-0.39, 0.29) is 0 Å². The zero-order chi connectivity index (χ0) is 12.1. The average Bonchev–Trinajstić information content (AvgIpc) is 2.66. The third kappa shape index (κ3) is 2.60. The molecule has 0 radical (unpaired) electrons. The Bertz CT molecular complexity index is 362. The van der Waals surface area contributed by atoms with Crippen LogP contribution in [0.3, 0.4) is 0 Å². The van der Waals surface area contributed by atoms with Crippen LogP contribution in [0.4, 0.5) is 11.6 Å². The third-order valence-electron chi connectivity index (χ3n) is 3.13. The predicted molar refractivity (Wildman–Crippen MR) is 68.8 cm³/mol. The standard InChI is InChI=1S/C12H20N4O/c1-13-11-10(17-2)12(15-9-14-11)16-7-5-3-4-6-8-16/h9H,3-8H2,1-2H3,(H,13,14,15). The number of nitrogens with one attached hydrogen (secondary N) is 1. The second-order valence-electron chi connectivity index (χ2n) is 4.23. The summed E-state index contributed by atoms with van der Waals surface area (Å²) in [6.45, 7) is 2.10. The van der Waals surface area contributed by atoms with Gasteiger partial charge in [0, 0.05) is 20.1 Å². The van der Waals surface area contributed by atoms with Crippen LogP contribution in [0.2, 0.25) is 0 Å². The summed E-state index contributed by atoms with van der Waals surface area (Å²) >= 11 is 0. The molecule has 2 rings (SSSR count). The molecule has 0 amide bonds. The first kappa shape index (κ1) is 12.0. The van der Waals surface area contributed by atoms with Crippen LogP contribution in [0.1, 0.15) is 25.7 Å². The second-order valence-corrected chi connectivity index (χ2v) is 4.23. The monoisotopic (exact) mass is 236 g/mol. The first-order valence-electron chi connectivity index (χ1n) is 6.18. The van der Waals surface area contributed by atoms with E-state index in [0.29, 0.717) is 0 Å². The van der Waals surface area contributed by atoms with Gasteiger partial charge < -0.3 is 15.0 Å². The van der Waals surface area contributed by atoms with Crippen molar-refractivity contribution in [3.8, 4) is 5.75 Å². The molecule has 1 N–H and O–H groups in total. The summed E-state index contributed by atoms with van der Waals surface area (Å²) in [6.07, 6.45) is 6.66. The summed E-state index contributed by atoms with van der Waals surface area (Å²) in [4.78, 5) is 10.8. The first-order valence-corrected chi connectivity index (χ1v) is 6.18. The highest BCUT2D eigenvalue weighted by molar-refractivity contribution is 5.64. The zero-order valence-corrected chi connectivity index (χ0v) is 10.6. The zero-order valence-electron chi connectivity index (χ0n) is 10.6. The van der Waals surface area contributed by atoms with E-state index in [1.165, 1.54) is 25.7 Å². The molecule has 2 heterocycles. The lowest BCUT2D eigenvalue weighted by Gasteiger charge is -2.23. The Morgan fingerprint density at radius 2 is 1.88 bits per heavy atom. The quantitative estimate of drug-likeness (QED) is 0.868. The minimum atomic E-state index is 0.747. The summed E-state index contributed by atoms with van der Waals surface area (Å²) in [7, 11) is 3.51. The van der Waals surface area contributed by atoms with E-state index < -0.39 is 0 Å². The van der Waals surface area contributed by atoms with E-state index >= 15 is 0 Å². The molecule has 0 aromatic carbocycles. The largest absolute Gasteiger partial charge is 0.490 e. The van der Waals surface area contributed by atoms with Crippen molar-refractivity contribution in [3.63, 3.8) is 0 Å². The Morgan fingerprint density at radius 3 is 2.47 bits per heavy atom. The van der Waals surface area contributed by atoms with Gasteiger partial charge in [-0.1, -0.05) is 12.8 Å². The van der Waals surface area contributed by atoms with Crippen molar-refractivity contribution in [1.29, 1.82) is 0 Å². The maximum absolute atomic E-state index is 5.43. The number of nitrogens with zero attached hydrogens (tertiary/aromatic N) is 3.